The van der Waals surface area contributed by atoms with Crippen molar-refractivity contribution >= 4 is 11.9 Å². The molecule has 2 N–H and O–H groups in total. The normalized spacial score (nSPS) is 17.5. The molecule has 3 heterocycles. The summed E-state index contributed by atoms with van der Waals surface area (Å²) >= 11 is 0. The molecule has 0 radical (unpaired) electrons. The third kappa shape index (κ3) is 3.06. The van der Waals surface area contributed by atoms with Gasteiger partial charge in [0.15, 0.2) is 5.54 Å². The molecule has 0 saturated carbocycles. The van der Waals surface area contributed by atoms with Crippen LogP contribution in [-0.4, -0.2) is 49.7 Å². The molecule has 1 aliphatic heterocycles. The van der Waals surface area contributed by atoms with Gasteiger partial charge < -0.3 is 15.0 Å². The average molecular weight is 344 g/mol. The van der Waals surface area contributed by atoms with Gasteiger partial charge in [0.1, 0.15) is 5.69 Å². The summed E-state index contributed by atoms with van der Waals surface area (Å²) < 4.78 is 1.58. The van der Waals surface area contributed by atoms with Gasteiger partial charge in [-0.25, -0.2) is 4.79 Å². The Morgan fingerprint density at radius 3 is 2.40 bits per heavy atom. The van der Waals surface area contributed by atoms with Crippen LogP contribution in [0.3, 0.4) is 0 Å². The van der Waals surface area contributed by atoms with E-state index in [1.54, 1.807) is 34.1 Å². The van der Waals surface area contributed by atoms with Crippen LogP contribution in [0.15, 0.2) is 30.6 Å². The van der Waals surface area contributed by atoms with Crippen molar-refractivity contribution in [3.63, 3.8) is 0 Å². The number of likely N-dealkylation sites (tertiary alicyclic amines) is 1. The molecular formula is C18H24N4O3. The standard InChI is InChI=1S/C18H24N4O3/c1-17(2,3)14-6-10-22(20-14)18(16(24)25)7-11-21(12-8-18)15(23)13-5-4-9-19-13/h4-6,9-10,19H,7-8,11-12H2,1-3H3,(H,24,25). The van der Waals surface area contributed by atoms with Gasteiger partial charge in [0, 0.05) is 43.7 Å². The van der Waals surface area contributed by atoms with Crippen LogP contribution in [0.1, 0.15) is 49.8 Å². The summed E-state index contributed by atoms with van der Waals surface area (Å²) in [5, 5.41) is 14.4. The van der Waals surface area contributed by atoms with Crippen molar-refractivity contribution in [3.8, 4) is 0 Å². The Bertz CT molecular complexity index is 763. The monoisotopic (exact) mass is 344 g/mol. The molecule has 1 amide bonds. The molecule has 0 atom stereocenters. The number of carboxylic acid groups (broad SMARTS) is 1. The zero-order chi connectivity index (χ0) is 18.2. The first-order valence-electron chi connectivity index (χ1n) is 8.47. The lowest BCUT2D eigenvalue weighted by molar-refractivity contribution is -0.150. The van der Waals surface area contributed by atoms with Gasteiger partial charge in [0.25, 0.3) is 5.91 Å². The topological polar surface area (TPSA) is 91.2 Å². The highest BCUT2D eigenvalue weighted by Crippen LogP contribution is 2.32. The molecule has 1 saturated heterocycles. The van der Waals surface area contributed by atoms with Crippen LogP contribution in [0.2, 0.25) is 0 Å². The molecule has 0 aromatic carbocycles. The first-order chi connectivity index (χ1) is 11.7. The molecule has 134 valence electrons. The van der Waals surface area contributed by atoms with Gasteiger partial charge in [0.2, 0.25) is 0 Å². The number of rotatable bonds is 3. The number of carbonyl (C=O) groups is 2. The molecule has 2 aromatic rings. The number of H-pyrrole nitrogens is 1. The largest absolute Gasteiger partial charge is 0.479 e. The molecule has 1 fully saturated rings. The number of amides is 1. The van der Waals surface area contributed by atoms with Gasteiger partial charge in [0.05, 0.1) is 5.69 Å². The fourth-order valence-electron chi connectivity index (χ4n) is 3.22. The van der Waals surface area contributed by atoms with Crippen molar-refractivity contribution in [2.24, 2.45) is 0 Å². The molecule has 7 heteroatoms. The zero-order valence-electron chi connectivity index (χ0n) is 14.8. The minimum Gasteiger partial charge on any atom is -0.479 e. The van der Waals surface area contributed by atoms with Gasteiger partial charge >= 0.3 is 5.97 Å². The molecule has 0 aliphatic carbocycles. The van der Waals surface area contributed by atoms with Crippen LogP contribution in [0, 0.1) is 0 Å². The van der Waals surface area contributed by atoms with E-state index in [1.807, 2.05) is 26.8 Å². The van der Waals surface area contributed by atoms with Crippen molar-refractivity contribution in [3.05, 3.63) is 42.0 Å². The molecular weight excluding hydrogens is 320 g/mol. The maximum absolute atomic E-state index is 12.4. The third-order valence-corrected chi connectivity index (χ3v) is 4.90. The molecule has 7 nitrogen and oxygen atoms in total. The Hall–Kier alpha value is -2.57. The Kier molecular flexibility index (Phi) is 4.18. The lowest BCUT2D eigenvalue weighted by Gasteiger charge is -2.38. The van der Waals surface area contributed by atoms with Gasteiger partial charge in [-0.1, -0.05) is 20.8 Å². The predicted octanol–water partition coefficient (Wildman–Crippen LogP) is 2.22. The van der Waals surface area contributed by atoms with Crippen molar-refractivity contribution in [1.82, 2.24) is 19.7 Å². The van der Waals surface area contributed by atoms with Gasteiger partial charge in [-0.15, -0.1) is 0 Å². The summed E-state index contributed by atoms with van der Waals surface area (Å²) in [5.74, 6) is -0.997. The van der Waals surface area contributed by atoms with E-state index >= 15 is 0 Å². The summed E-state index contributed by atoms with van der Waals surface area (Å²) in [6.45, 7) is 6.91. The van der Waals surface area contributed by atoms with E-state index in [9.17, 15) is 14.7 Å². The highest BCUT2D eigenvalue weighted by Gasteiger charge is 2.45. The van der Waals surface area contributed by atoms with E-state index < -0.39 is 11.5 Å². The fraction of sp³-hybridized carbons (Fsp3) is 0.500. The second-order valence-corrected chi connectivity index (χ2v) is 7.61. The lowest BCUT2D eigenvalue weighted by Crippen LogP contribution is -2.52. The van der Waals surface area contributed by atoms with Crippen LogP contribution in [0.25, 0.3) is 0 Å². The number of hydrogen-bond donors (Lipinski definition) is 2. The summed E-state index contributed by atoms with van der Waals surface area (Å²) in [7, 11) is 0. The van der Waals surface area contributed by atoms with E-state index in [0.29, 0.717) is 31.6 Å². The van der Waals surface area contributed by atoms with Crippen molar-refractivity contribution in [2.45, 2.75) is 44.6 Å². The molecule has 0 bridgehead atoms. The first-order valence-corrected chi connectivity index (χ1v) is 8.47. The molecule has 25 heavy (non-hydrogen) atoms. The summed E-state index contributed by atoms with van der Waals surface area (Å²) in [6, 6.07) is 5.38. The summed E-state index contributed by atoms with van der Waals surface area (Å²) in [6.07, 6.45) is 4.12. The Labute approximate surface area is 146 Å². The van der Waals surface area contributed by atoms with Crippen molar-refractivity contribution in [2.75, 3.05) is 13.1 Å². The first kappa shape index (κ1) is 17.3. The smallest absolute Gasteiger partial charge is 0.331 e. The van der Waals surface area contributed by atoms with E-state index in [0.717, 1.165) is 5.69 Å². The van der Waals surface area contributed by atoms with Gasteiger partial charge in [-0.05, 0) is 18.2 Å². The zero-order valence-corrected chi connectivity index (χ0v) is 14.8. The molecule has 0 spiro atoms. The molecule has 2 aromatic heterocycles. The van der Waals surface area contributed by atoms with Crippen molar-refractivity contribution in [1.29, 1.82) is 0 Å². The SMILES string of the molecule is CC(C)(C)c1ccn(C2(C(=O)O)CCN(C(=O)c3ccc[nH]3)CC2)n1. The van der Waals surface area contributed by atoms with Crippen LogP contribution in [0.5, 0.6) is 0 Å². The van der Waals surface area contributed by atoms with Gasteiger partial charge in [-0.2, -0.15) is 5.10 Å². The van der Waals surface area contributed by atoms with Crippen LogP contribution in [0.4, 0.5) is 0 Å². The quantitative estimate of drug-likeness (QED) is 0.893. The number of aromatic nitrogens is 3. The van der Waals surface area contributed by atoms with E-state index in [4.69, 9.17) is 0 Å². The summed E-state index contributed by atoms with van der Waals surface area (Å²) in [5.41, 5.74) is 0.139. The average Bonchev–Trinajstić information content (AvgIpc) is 3.25. The Morgan fingerprint density at radius 1 is 1.24 bits per heavy atom. The maximum Gasteiger partial charge on any atom is 0.331 e. The van der Waals surface area contributed by atoms with E-state index in [-0.39, 0.29) is 11.3 Å². The van der Waals surface area contributed by atoms with Gasteiger partial charge in [-0.3, -0.25) is 9.48 Å². The minimum atomic E-state index is -1.10. The Morgan fingerprint density at radius 2 is 1.92 bits per heavy atom. The second kappa shape index (κ2) is 6.06. The lowest BCUT2D eigenvalue weighted by atomic mass is 9.87. The molecule has 0 unspecified atom stereocenters. The number of hydrogen-bond acceptors (Lipinski definition) is 3. The van der Waals surface area contributed by atoms with Crippen LogP contribution < -0.4 is 0 Å². The van der Waals surface area contributed by atoms with E-state index in [1.165, 1.54) is 0 Å². The van der Waals surface area contributed by atoms with Crippen molar-refractivity contribution < 1.29 is 14.7 Å². The Balaban J connectivity index is 1.81. The fourth-order valence-corrected chi connectivity index (χ4v) is 3.22. The number of piperidine rings is 1. The van der Waals surface area contributed by atoms with Crippen LogP contribution >= 0.6 is 0 Å². The second-order valence-electron chi connectivity index (χ2n) is 7.61. The highest BCUT2D eigenvalue weighted by atomic mass is 16.4. The minimum absolute atomic E-state index is 0.0974. The third-order valence-electron chi connectivity index (χ3n) is 4.90. The van der Waals surface area contributed by atoms with E-state index in [2.05, 4.69) is 10.1 Å². The maximum atomic E-state index is 12.4. The number of nitrogens with zero attached hydrogens (tertiary/aromatic N) is 3. The van der Waals surface area contributed by atoms with Crippen LogP contribution in [-0.2, 0) is 15.7 Å². The number of carboxylic acids is 1. The number of carbonyl (C=O) groups excluding carboxylic acids is 1. The number of aliphatic carboxylic acids is 1. The number of nitrogens with one attached hydrogen (secondary N) is 1. The summed E-state index contributed by atoms with van der Waals surface area (Å²) in [4.78, 5) is 29.1. The number of aromatic amines is 1. The molecule has 3 rings (SSSR count). The molecule has 1 aliphatic rings. The predicted molar refractivity (Wildman–Crippen MR) is 92.5 cm³/mol. The highest BCUT2D eigenvalue weighted by molar-refractivity contribution is 5.92.